The van der Waals surface area contributed by atoms with Crippen molar-refractivity contribution in [1.82, 2.24) is 29.3 Å². The number of aromatic nitrogens is 6. The summed E-state index contributed by atoms with van der Waals surface area (Å²) in [5.74, 6) is 1.19. The molecule has 1 saturated carbocycles. The van der Waals surface area contributed by atoms with Gasteiger partial charge in [-0.15, -0.1) is 0 Å². The fourth-order valence-electron chi connectivity index (χ4n) is 3.73. The summed E-state index contributed by atoms with van der Waals surface area (Å²) in [7, 11) is 1.91. The maximum absolute atomic E-state index is 10.9. The Bertz CT molecular complexity index is 1030. The molecule has 4 rings (SSSR count). The van der Waals surface area contributed by atoms with E-state index in [-0.39, 0.29) is 12.2 Å². The Kier molecular flexibility index (Phi) is 4.62. The smallest absolute Gasteiger partial charge is 0.404 e. The molecule has 10 nitrogen and oxygen atoms in total. The zero-order valence-corrected chi connectivity index (χ0v) is 16.1. The standard InChI is InChI=1S/C18H23N7O3/c1-4-25-10(2)13(8-22-25)15-23-14-16(24(15)3)20-9-21-17(14)27-11-5-6-12(7-11)28-18(19)26/h8-9,11-12H,4-7H2,1-3H3,(H2,19,26). The number of aryl methyl sites for hydroxylation is 2. The van der Waals surface area contributed by atoms with Crippen LogP contribution < -0.4 is 10.5 Å². The number of fused-ring (bicyclic) bond motifs is 1. The summed E-state index contributed by atoms with van der Waals surface area (Å²) < 4.78 is 15.0. The van der Waals surface area contributed by atoms with Crippen molar-refractivity contribution in [3.8, 4) is 17.3 Å². The lowest BCUT2D eigenvalue weighted by molar-refractivity contribution is 0.0997. The van der Waals surface area contributed by atoms with Crippen LogP contribution in [0.3, 0.4) is 0 Å². The Hall–Kier alpha value is -3.17. The molecule has 10 heteroatoms. The zero-order chi connectivity index (χ0) is 19.8. The maximum Gasteiger partial charge on any atom is 0.404 e. The minimum absolute atomic E-state index is 0.113. The van der Waals surface area contributed by atoms with Crippen LogP contribution in [0.4, 0.5) is 4.79 Å². The molecule has 3 aromatic heterocycles. The van der Waals surface area contributed by atoms with E-state index in [1.165, 1.54) is 6.33 Å². The van der Waals surface area contributed by atoms with Crippen LogP contribution in [0.25, 0.3) is 22.6 Å². The number of carbonyl (C=O) groups excluding carboxylic acids is 1. The second-order valence-electron chi connectivity index (χ2n) is 6.92. The van der Waals surface area contributed by atoms with Crippen molar-refractivity contribution in [3.63, 3.8) is 0 Å². The van der Waals surface area contributed by atoms with E-state index in [0.717, 1.165) is 30.0 Å². The Morgan fingerprint density at radius 2 is 2.11 bits per heavy atom. The average Bonchev–Trinajstić information content (AvgIpc) is 3.33. The molecule has 1 aliphatic rings. The molecule has 0 aliphatic heterocycles. The molecule has 1 aliphatic carbocycles. The number of hydrogen-bond acceptors (Lipinski definition) is 7. The Morgan fingerprint density at radius 3 is 2.82 bits per heavy atom. The van der Waals surface area contributed by atoms with Crippen LogP contribution in [-0.4, -0.2) is 47.6 Å². The first-order valence-electron chi connectivity index (χ1n) is 9.30. The van der Waals surface area contributed by atoms with E-state index in [1.54, 1.807) is 0 Å². The number of imidazole rings is 1. The first kappa shape index (κ1) is 18.2. The van der Waals surface area contributed by atoms with Gasteiger partial charge in [-0.2, -0.15) is 10.1 Å². The van der Waals surface area contributed by atoms with E-state index in [9.17, 15) is 4.79 Å². The molecule has 1 amide bonds. The van der Waals surface area contributed by atoms with E-state index >= 15 is 0 Å². The highest BCUT2D eigenvalue weighted by Crippen LogP contribution is 2.31. The third-order valence-electron chi connectivity index (χ3n) is 5.16. The quantitative estimate of drug-likeness (QED) is 0.712. The highest BCUT2D eigenvalue weighted by Gasteiger charge is 2.30. The van der Waals surface area contributed by atoms with Crippen molar-refractivity contribution in [2.75, 3.05) is 0 Å². The van der Waals surface area contributed by atoms with E-state index in [1.807, 2.05) is 36.3 Å². The molecule has 0 saturated heterocycles. The number of carbonyl (C=O) groups is 1. The Morgan fingerprint density at radius 1 is 1.32 bits per heavy atom. The fraction of sp³-hybridized carbons (Fsp3) is 0.500. The highest BCUT2D eigenvalue weighted by atomic mass is 16.6. The summed E-state index contributed by atoms with van der Waals surface area (Å²) >= 11 is 0. The molecule has 1 fully saturated rings. The van der Waals surface area contributed by atoms with E-state index in [0.29, 0.717) is 29.9 Å². The summed E-state index contributed by atoms with van der Waals surface area (Å²) in [6, 6.07) is 0. The molecule has 0 aromatic carbocycles. The number of rotatable bonds is 5. The van der Waals surface area contributed by atoms with Gasteiger partial charge in [0.15, 0.2) is 11.2 Å². The van der Waals surface area contributed by atoms with Gasteiger partial charge in [0.1, 0.15) is 24.4 Å². The van der Waals surface area contributed by atoms with Crippen LogP contribution in [-0.2, 0) is 18.3 Å². The van der Waals surface area contributed by atoms with Crippen LogP contribution in [0.15, 0.2) is 12.5 Å². The number of nitrogens with zero attached hydrogens (tertiary/aromatic N) is 6. The lowest BCUT2D eigenvalue weighted by Crippen LogP contribution is -2.22. The first-order chi connectivity index (χ1) is 13.5. The third-order valence-corrected chi connectivity index (χ3v) is 5.16. The lowest BCUT2D eigenvalue weighted by atomic mass is 10.2. The predicted molar refractivity (Wildman–Crippen MR) is 101 cm³/mol. The maximum atomic E-state index is 10.9. The van der Waals surface area contributed by atoms with Gasteiger partial charge in [-0.05, 0) is 26.7 Å². The highest BCUT2D eigenvalue weighted by molar-refractivity contribution is 5.81. The van der Waals surface area contributed by atoms with Crippen molar-refractivity contribution in [1.29, 1.82) is 0 Å². The topological polar surface area (TPSA) is 123 Å². The van der Waals surface area contributed by atoms with Crippen molar-refractivity contribution in [2.45, 2.75) is 51.9 Å². The molecule has 0 bridgehead atoms. The van der Waals surface area contributed by atoms with Crippen LogP contribution in [0.5, 0.6) is 5.88 Å². The van der Waals surface area contributed by atoms with Gasteiger partial charge >= 0.3 is 6.09 Å². The number of ether oxygens (including phenoxy) is 2. The van der Waals surface area contributed by atoms with E-state index in [4.69, 9.17) is 20.2 Å². The second-order valence-corrected chi connectivity index (χ2v) is 6.92. The molecule has 0 spiro atoms. The van der Waals surface area contributed by atoms with Gasteiger partial charge in [0.05, 0.1) is 11.8 Å². The van der Waals surface area contributed by atoms with Crippen LogP contribution in [0.2, 0.25) is 0 Å². The monoisotopic (exact) mass is 385 g/mol. The van der Waals surface area contributed by atoms with Crippen molar-refractivity contribution in [2.24, 2.45) is 12.8 Å². The van der Waals surface area contributed by atoms with Crippen LogP contribution >= 0.6 is 0 Å². The summed E-state index contributed by atoms with van der Waals surface area (Å²) in [6.07, 6.45) is 4.24. The molecule has 2 unspecified atom stereocenters. The van der Waals surface area contributed by atoms with Crippen molar-refractivity contribution < 1.29 is 14.3 Å². The summed E-state index contributed by atoms with van der Waals surface area (Å²) in [6.45, 7) is 4.86. The predicted octanol–water partition coefficient (Wildman–Crippen LogP) is 1.95. The zero-order valence-electron chi connectivity index (χ0n) is 16.1. The number of amides is 1. The van der Waals surface area contributed by atoms with Gasteiger partial charge in [0.2, 0.25) is 5.88 Å². The average molecular weight is 385 g/mol. The molecular weight excluding hydrogens is 362 g/mol. The molecule has 2 atom stereocenters. The van der Waals surface area contributed by atoms with Crippen molar-refractivity contribution in [3.05, 3.63) is 18.2 Å². The SMILES string of the molecule is CCn1ncc(-c2nc3c(OC4CCC(OC(N)=O)C4)ncnc3n2C)c1C. The molecule has 0 radical (unpaired) electrons. The number of nitrogens with two attached hydrogens (primary N) is 1. The van der Waals surface area contributed by atoms with Crippen molar-refractivity contribution >= 4 is 17.3 Å². The van der Waals surface area contributed by atoms with Crippen LogP contribution in [0.1, 0.15) is 31.9 Å². The van der Waals surface area contributed by atoms with Crippen LogP contribution in [0, 0.1) is 6.92 Å². The summed E-state index contributed by atoms with van der Waals surface area (Å²) in [5, 5.41) is 4.40. The largest absolute Gasteiger partial charge is 0.473 e. The first-order valence-corrected chi connectivity index (χ1v) is 9.30. The van der Waals surface area contributed by atoms with Gasteiger partial charge in [-0.1, -0.05) is 0 Å². The van der Waals surface area contributed by atoms with Gasteiger partial charge in [-0.25, -0.2) is 14.8 Å². The molecule has 148 valence electrons. The minimum Gasteiger partial charge on any atom is -0.473 e. The third kappa shape index (κ3) is 3.14. The fourth-order valence-corrected chi connectivity index (χ4v) is 3.73. The van der Waals surface area contributed by atoms with Gasteiger partial charge in [-0.3, -0.25) is 4.68 Å². The lowest BCUT2D eigenvalue weighted by Gasteiger charge is -2.13. The normalized spacial score (nSPS) is 19.2. The second kappa shape index (κ2) is 7.10. The number of primary amides is 1. The molecule has 28 heavy (non-hydrogen) atoms. The Labute approximate surface area is 161 Å². The molecule has 2 N–H and O–H groups in total. The van der Waals surface area contributed by atoms with E-state index < -0.39 is 6.09 Å². The van der Waals surface area contributed by atoms with Gasteiger partial charge in [0, 0.05) is 25.7 Å². The molecular formula is C18H23N7O3. The van der Waals surface area contributed by atoms with Gasteiger partial charge in [0.25, 0.3) is 0 Å². The molecule has 3 aromatic rings. The number of hydrogen-bond donors (Lipinski definition) is 1. The van der Waals surface area contributed by atoms with Gasteiger partial charge < -0.3 is 19.8 Å². The summed E-state index contributed by atoms with van der Waals surface area (Å²) in [4.78, 5) is 24.3. The summed E-state index contributed by atoms with van der Waals surface area (Å²) in [5.41, 5.74) is 8.38. The Balaban J connectivity index is 1.64. The van der Waals surface area contributed by atoms with E-state index in [2.05, 4.69) is 15.1 Å². The molecule has 3 heterocycles. The minimum atomic E-state index is -0.757.